The van der Waals surface area contributed by atoms with Gasteiger partial charge in [-0.25, -0.2) is 0 Å². The molecule has 5 nitrogen and oxygen atoms in total. The molecule has 0 bridgehead atoms. The second kappa shape index (κ2) is 7.79. The average molecular weight is 352 g/mol. The molecule has 136 valence electrons. The highest BCUT2D eigenvalue weighted by Crippen LogP contribution is 2.32. The Morgan fingerprint density at radius 1 is 1.00 bits per heavy atom. The molecule has 2 aliphatic heterocycles. The van der Waals surface area contributed by atoms with Crippen LogP contribution in [0, 0.1) is 0 Å². The first kappa shape index (κ1) is 16.9. The molecular formula is C21H24N2O3. The number of fused-ring (bicyclic) bond motifs is 1. The van der Waals surface area contributed by atoms with Crippen molar-refractivity contribution in [2.75, 3.05) is 31.7 Å². The van der Waals surface area contributed by atoms with Crippen LogP contribution in [0.4, 0.5) is 5.69 Å². The molecule has 2 aliphatic rings. The van der Waals surface area contributed by atoms with Crippen molar-refractivity contribution in [1.82, 2.24) is 4.90 Å². The zero-order chi connectivity index (χ0) is 17.8. The number of anilines is 1. The summed E-state index contributed by atoms with van der Waals surface area (Å²) in [5, 5.41) is 2.93. The molecule has 1 N–H and O–H groups in total. The van der Waals surface area contributed by atoms with Gasteiger partial charge in [-0.15, -0.1) is 0 Å². The van der Waals surface area contributed by atoms with E-state index in [1.807, 2.05) is 12.1 Å². The first-order valence-electron chi connectivity index (χ1n) is 9.30. The molecule has 5 heteroatoms. The lowest BCUT2D eigenvalue weighted by molar-refractivity contribution is 0.102. The van der Waals surface area contributed by atoms with Crippen molar-refractivity contribution in [2.24, 2.45) is 0 Å². The van der Waals surface area contributed by atoms with Crippen LogP contribution in [-0.2, 0) is 6.42 Å². The molecular weight excluding hydrogens is 328 g/mol. The van der Waals surface area contributed by atoms with E-state index < -0.39 is 0 Å². The van der Waals surface area contributed by atoms with Gasteiger partial charge in [-0.3, -0.25) is 4.79 Å². The molecule has 0 saturated carbocycles. The molecule has 2 aromatic carbocycles. The van der Waals surface area contributed by atoms with Crippen LogP contribution < -0.4 is 14.8 Å². The maximum absolute atomic E-state index is 12.4. The van der Waals surface area contributed by atoms with Crippen LogP contribution >= 0.6 is 0 Å². The molecule has 4 rings (SSSR count). The standard InChI is InChI=1S/C21H24N2O3/c24-21(17-7-10-19-20(14-17)26-15-25-19)22-18-8-5-16(6-9-18)4-3-13-23-11-1-2-12-23/h5-10,14H,1-4,11-13,15H2,(H,22,24). The minimum absolute atomic E-state index is 0.148. The smallest absolute Gasteiger partial charge is 0.255 e. The second-order valence-corrected chi connectivity index (χ2v) is 6.87. The highest BCUT2D eigenvalue weighted by atomic mass is 16.7. The van der Waals surface area contributed by atoms with Gasteiger partial charge >= 0.3 is 0 Å². The molecule has 0 atom stereocenters. The van der Waals surface area contributed by atoms with Gasteiger partial charge in [0, 0.05) is 11.3 Å². The summed E-state index contributed by atoms with van der Waals surface area (Å²) in [5.74, 6) is 1.15. The Morgan fingerprint density at radius 3 is 2.58 bits per heavy atom. The van der Waals surface area contributed by atoms with Crippen molar-refractivity contribution < 1.29 is 14.3 Å². The SMILES string of the molecule is O=C(Nc1ccc(CCCN2CCCC2)cc1)c1ccc2c(c1)OCO2. The highest BCUT2D eigenvalue weighted by Gasteiger charge is 2.16. The summed E-state index contributed by atoms with van der Waals surface area (Å²) in [4.78, 5) is 14.9. The Kier molecular flexibility index (Phi) is 5.07. The van der Waals surface area contributed by atoms with E-state index in [-0.39, 0.29) is 12.7 Å². The topological polar surface area (TPSA) is 50.8 Å². The molecule has 1 amide bonds. The number of hydrogen-bond acceptors (Lipinski definition) is 4. The van der Waals surface area contributed by atoms with E-state index in [2.05, 4.69) is 22.3 Å². The maximum Gasteiger partial charge on any atom is 0.255 e. The molecule has 2 aromatic rings. The summed E-state index contributed by atoms with van der Waals surface area (Å²) in [5.41, 5.74) is 2.67. The average Bonchev–Trinajstić information content (AvgIpc) is 3.34. The van der Waals surface area contributed by atoms with E-state index in [0.29, 0.717) is 17.1 Å². The van der Waals surface area contributed by atoms with E-state index in [0.717, 1.165) is 12.1 Å². The van der Waals surface area contributed by atoms with E-state index in [1.54, 1.807) is 18.2 Å². The van der Waals surface area contributed by atoms with E-state index in [9.17, 15) is 4.79 Å². The van der Waals surface area contributed by atoms with Gasteiger partial charge in [-0.05, 0) is 81.2 Å². The Labute approximate surface area is 153 Å². The summed E-state index contributed by atoms with van der Waals surface area (Å²) in [6.07, 6.45) is 4.95. The van der Waals surface area contributed by atoms with Crippen LogP contribution in [0.25, 0.3) is 0 Å². The number of benzene rings is 2. The van der Waals surface area contributed by atoms with Gasteiger partial charge in [0.25, 0.3) is 5.91 Å². The number of aryl methyl sites for hydroxylation is 1. The first-order chi connectivity index (χ1) is 12.8. The number of ether oxygens (including phenoxy) is 2. The Hall–Kier alpha value is -2.53. The predicted molar refractivity (Wildman–Crippen MR) is 101 cm³/mol. The summed E-state index contributed by atoms with van der Waals surface area (Å²) in [7, 11) is 0. The lowest BCUT2D eigenvalue weighted by Gasteiger charge is -2.14. The minimum atomic E-state index is -0.148. The molecule has 0 aromatic heterocycles. The quantitative estimate of drug-likeness (QED) is 0.861. The number of nitrogens with zero attached hydrogens (tertiary/aromatic N) is 1. The van der Waals surface area contributed by atoms with Gasteiger partial charge in [0.2, 0.25) is 6.79 Å². The third kappa shape index (κ3) is 3.99. The molecule has 1 saturated heterocycles. The molecule has 0 unspecified atom stereocenters. The first-order valence-corrected chi connectivity index (χ1v) is 9.30. The van der Waals surface area contributed by atoms with Crippen LogP contribution in [0.15, 0.2) is 42.5 Å². The van der Waals surface area contributed by atoms with Gasteiger partial charge in [0.1, 0.15) is 0 Å². The van der Waals surface area contributed by atoms with Crippen molar-refractivity contribution in [3.8, 4) is 11.5 Å². The molecule has 0 aliphatic carbocycles. The number of carbonyl (C=O) groups excluding carboxylic acids is 1. The van der Waals surface area contributed by atoms with Crippen molar-refractivity contribution in [3.63, 3.8) is 0 Å². The van der Waals surface area contributed by atoms with Gasteiger partial charge < -0.3 is 19.7 Å². The zero-order valence-corrected chi connectivity index (χ0v) is 14.9. The maximum atomic E-state index is 12.4. The monoisotopic (exact) mass is 352 g/mol. The summed E-state index contributed by atoms with van der Waals surface area (Å²) < 4.78 is 10.6. The summed E-state index contributed by atoms with van der Waals surface area (Å²) in [6, 6.07) is 13.4. The summed E-state index contributed by atoms with van der Waals surface area (Å²) in [6.45, 7) is 3.90. The van der Waals surface area contributed by atoms with Crippen molar-refractivity contribution in [2.45, 2.75) is 25.7 Å². The molecule has 0 spiro atoms. The molecule has 26 heavy (non-hydrogen) atoms. The largest absolute Gasteiger partial charge is 0.454 e. The van der Waals surface area contributed by atoms with Crippen LogP contribution in [0.5, 0.6) is 11.5 Å². The van der Waals surface area contributed by atoms with Crippen LogP contribution in [0.2, 0.25) is 0 Å². The van der Waals surface area contributed by atoms with Crippen LogP contribution in [-0.4, -0.2) is 37.2 Å². The number of likely N-dealkylation sites (tertiary alicyclic amines) is 1. The van der Waals surface area contributed by atoms with Crippen LogP contribution in [0.3, 0.4) is 0 Å². The Morgan fingerprint density at radius 2 is 1.77 bits per heavy atom. The number of rotatable bonds is 6. The number of nitrogens with one attached hydrogen (secondary N) is 1. The fourth-order valence-corrected chi connectivity index (χ4v) is 3.51. The van der Waals surface area contributed by atoms with Crippen LogP contribution in [0.1, 0.15) is 35.2 Å². The van der Waals surface area contributed by atoms with Gasteiger partial charge in [-0.2, -0.15) is 0 Å². The minimum Gasteiger partial charge on any atom is -0.454 e. The van der Waals surface area contributed by atoms with Crippen molar-refractivity contribution in [3.05, 3.63) is 53.6 Å². The number of hydrogen-bond donors (Lipinski definition) is 1. The van der Waals surface area contributed by atoms with Gasteiger partial charge in [-0.1, -0.05) is 12.1 Å². The number of carbonyl (C=O) groups is 1. The van der Waals surface area contributed by atoms with Gasteiger partial charge in [0.05, 0.1) is 0 Å². The van der Waals surface area contributed by atoms with E-state index >= 15 is 0 Å². The number of amides is 1. The fourth-order valence-electron chi connectivity index (χ4n) is 3.51. The lowest BCUT2D eigenvalue weighted by atomic mass is 10.1. The molecule has 1 fully saturated rings. The molecule has 2 heterocycles. The third-order valence-corrected chi connectivity index (χ3v) is 4.99. The normalized spacial score (nSPS) is 16.0. The highest BCUT2D eigenvalue weighted by molar-refractivity contribution is 6.04. The summed E-state index contributed by atoms with van der Waals surface area (Å²) >= 11 is 0. The molecule has 0 radical (unpaired) electrons. The fraction of sp³-hybridized carbons (Fsp3) is 0.381. The third-order valence-electron chi connectivity index (χ3n) is 4.99. The van der Waals surface area contributed by atoms with Crippen molar-refractivity contribution in [1.29, 1.82) is 0 Å². The Balaban J connectivity index is 1.30. The second-order valence-electron chi connectivity index (χ2n) is 6.87. The van der Waals surface area contributed by atoms with Crippen molar-refractivity contribution >= 4 is 11.6 Å². The Bertz CT molecular complexity index is 767. The van der Waals surface area contributed by atoms with E-state index in [1.165, 1.54) is 44.5 Å². The lowest BCUT2D eigenvalue weighted by Crippen LogP contribution is -2.20. The zero-order valence-electron chi connectivity index (χ0n) is 14.9. The van der Waals surface area contributed by atoms with E-state index in [4.69, 9.17) is 9.47 Å². The van der Waals surface area contributed by atoms with Gasteiger partial charge in [0.15, 0.2) is 11.5 Å². The predicted octanol–water partition coefficient (Wildman–Crippen LogP) is 3.70.